The predicted octanol–water partition coefficient (Wildman–Crippen LogP) is 2.00. The van der Waals surface area contributed by atoms with Gasteiger partial charge in [0.25, 0.3) is 0 Å². The molecule has 0 aromatic heterocycles. The number of nitrogens with two attached hydrogens (primary N) is 1. The van der Waals surface area contributed by atoms with E-state index in [-0.39, 0.29) is 5.54 Å². The van der Waals surface area contributed by atoms with Gasteiger partial charge in [-0.1, -0.05) is 0 Å². The highest BCUT2D eigenvalue weighted by Gasteiger charge is 2.37. The van der Waals surface area contributed by atoms with E-state index >= 15 is 0 Å². The summed E-state index contributed by atoms with van der Waals surface area (Å²) in [5.41, 5.74) is 7.87. The number of fused-ring (bicyclic) bond motifs is 1. The summed E-state index contributed by atoms with van der Waals surface area (Å²) >= 11 is 0. The van der Waals surface area contributed by atoms with Crippen LogP contribution in [0.5, 0.6) is 11.5 Å². The minimum Gasteiger partial charge on any atom is -0.486 e. The number of nitrogen functional groups attached to an aromatic ring is 1. The van der Waals surface area contributed by atoms with E-state index in [1.165, 1.54) is 12.8 Å². The van der Waals surface area contributed by atoms with Gasteiger partial charge in [0.2, 0.25) is 0 Å². The molecule has 0 radical (unpaired) electrons. The van der Waals surface area contributed by atoms with Crippen molar-refractivity contribution in [3.63, 3.8) is 0 Å². The first-order valence-corrected chi connectivity index (χ1v) is 5.64. The van der Waals surface area contributed by atoms with Crippen LogP contribution < -0.4 is 20.5 Å². The number of ether oxygens (including phenoxy) is 2. The van der Waals surface area contributed by atoms with Gasteiger partial charge in [0.15, 0.2) is 11.5 Å². The number of hydrogen-bond acceptors (Lipinski definition) is 4. The van der Waals surface area contributed by atoms with Crippen LogP contribution in [-0.2, 0) is 0 Å². The maximum Gasteiger partial charge on any atom is 0.163 e. The van der Waals surface area contributed by atoms with Crippen molar-refractivity contribution in [2.45, 2.75) is 25.3 Å². The first kappa shape index (κ1) is 9.63. The monoisotopic (exact) mass is 220 g/mol. The number of hydrogen-bond donors (Lipinski definition) is 2. The van der Waals surface area contributed by atoms with E-state index in [1.54, 1.807) is 0 Å². The maximum absolute atomic E-state index is 5.98. The van der Waals surface area contributed by atoms with Gasteiger partial charge in [-0.05, 0) is 19.8 Å². The molecule has 1 fully saturated rings. The average Bonchev–Trinajstić information content (AvgIpc) is 2.97. The summed E-state index contributed by atoms with van der Waals surface area (Å²) in [5.74, 6) is 1.53. The highest BCUT2D eigenvalue weighted by molar-refractivity contribution is 5.73. The molecule has 3 rings (SSSR count). The average molecular weight is 220 g/mol. The summed E-state index contributed by atoms with van der Waals surface area (Å²) in [5, 5.41) is 3.45. The van der Waals surface area contributed by atoms with Gasteiger partial charge in [0.05, 0.1) is 11.4 Å². The molecule has 1 heterocycles. The van der Waals surface area contributed by atoms with E-state index in [9.17, 15) is 0 Å². The lowest BCUT2D eigenvalue weighted by molar-refractivity contribution is 0.172. The number of benzene rings is 1. The van der Waals surface area contributed by atoms with E-state index < -0.39 is 0 Å². The first-order chi connectivity index (χ1) is 7.66. The molecule has 1 aromatic carbocycles. The van der Waals surface area contributed by atoms with Crippen molar-refractivity contribution in [3.8, 4) is 11.5 Å². The zero-order valence-corrected chi connectivity index (χ0v) is 9.38. The van der Waals surface area contributed by atoms with Gasteiger partial charge < -0.3 is 20.5 Å². The Morgan fingerprint density at radius 1 is 1.19 bits per heavy atom. The fourth-order valence-corrected chi connectivity index (χ4v) is 1.85. The highest BCUT2D eigenvalue weighted by atomic mass is 16.6. The molecule has 2 aliphatic rings. The topological polar surface area (TPSA) is 56.5 Å². The summed E-state index contributed by atoms with van der Waals surface area (Å²) in [6.45, 7) is 3.40. The normalized spacial score (nSPS) is 20.3. The SMILES string of the molecule is CC1(Nc2cc3c(cc2N)OCCO3)CC1. The Morgan fingerprint density at radius 2 is 1.81 bits per heavy atom. The third-order valence-corrected chi connectivity index (χ3v) is 3.15. The van der Waals surface area contributed by atoms with Crippen LogP contribution in [0.2, 0.25) is 0 Å². The summed E-state index contributed by atoms with van der Waals surface area (Å²) in [4.78, 5) is 0. The van der Waals surface area contributed by atoms with Crippen LogP contribution in [-0.4, -0.2) is 18.8 Å². The number of nitrogens with one attached hydrogen (secondary N) is 1. The van der Waals surface area contributed by atoms with E-state index in [1.807, 2.05) is 12.1 Å². The minimum atomic E-state index is 0.220. The van der Waals surface area contributed by atoms with Crippen molar-refractivity contribution in [3.05, 3.63) is 12.1 Å². The lowest BCUT2D eigenvalue weighted by atomic mass is 10.2. The molecule has 1 saturated carbocycles. The van der Waals surface area contributed by atoms with Crippen molar-refractivity contribution in [2.75, 3.05) is 24.3 Å². The first-order valence-electron chi connectivity index (χ1n) is 5.64. The van der Waals surface area contributed by atoms with Crippen molar-refractivity contribution in [1.29, 1.82) is 0 Å². The molecule has 1 aliphatic carbocycles. The molecule has 0 saturated heterocycles. The van der Waals surface area contributed by atoms with Crippen LogP contribution in [0.25, 0.3) is 0 Å². The second-order valence-electron chi connectivity index (χ2n) is 4.77. The summed E-state index contributed by atoms with van der Waals surface area (Å²) in [6.07, 6.45) is 2.39. The smallest absolute Gasteiger partial charge is 0.163 e. The molecule has 0 bridgehead atoms. The third-order valence-electron chi connectivity index (χ3n) is 3.15. The van der Waals surface area contributed by atoms with Crippen LogP contribution >= 0.6 is 0 Å². The van der Waals surface area contributed by atoms with Crippen LogP contribution in [0.4, 0.5) is 11.4 Å². The van der Waals surface area contributed by atoms with E-state index in [0.717, 1.165) is 22.9 Å². The number of anilines is 2. The number of rotatable bonds is 2. The minimum absolute atomic E-state index is 0.220. The molecule has 16 heavy (non-hydrogen) atoms. The molecule has 0 spiro atoms. The van der Waals surface area contributed by atoms with E-state index in [0.29, 0.717) is 13.2 Å². The quantitative estimate of drug-likeness (QED) is 0.748. The highest BCUT2D eigenvalue weighted by Crippen LogP contribution is 2.43. The molecule has 0 atom stereocenters. The summed E-state index contributed by atoms with van der Waals surface area (Å²) in [6, 6.07) is 3.77. The molecule has 0 unspecified atom stereocenters. The fraction of sp³-hybridized carbons (Fsp3) is 0.500. The zero-order valence-electron chi connectivity index (χ0n) is 9.38. The second kappa shape index (κ2) is 3.20. The van der Waals surface area contributed by atoms with Gasteiger partial charge in [0, 0.05) is 17.7 Å². The van der Waals surface area contributed by atoms with Crippen molar-refractivity contribution in [2.24, 2.45) is 0 Å². The van der Waals surface area contributed by atoms with Gasteiger partial charge in [-0.2, -0.15) is 0 Å². The van der Waals surface area contributed by atoms with Gasteiger partial charge in [-0.15, -0.1) is 0 Å². The Hall–Kier alpha value is -1.58. The maximum atomic E-state index is 5.98. The van der Waals surface area contributed by atoms with Crippen molar-refractivity contribution >= 4 is 11.4 Å². The van der Waals surface area contributed by atoms with Crippen LogP contribution in [0.3, 0.4) is 0 Å². The zero-order chi connectivity index (χ0) is 11.2. The summed E-state index contributed by atoms with van der Waals surface area (Å²) in [7, 11) is 0. The molecule has 4 heteroatoms. The van der Waals surface area contributed by atoms with E-state index in [2.05, 4.69) is 12.2 Å². The van der Waals surface area contributed by atoms with Crippen molar-refractivity contribution < 1.29 is 9.47 Å². The Labute approximate surface area is 94.7 Å². The third kappa shape index (κ3) is 1.64. The lowest BCUT2D eigenvalue weighted by Gasteiger charge is -2.22. The Morgan fingerprint density at radius 3 is 2.44 bits per heavy atom. The van der Waals surface area contributed by atoms with Crippen LogP contribution in [0, 0.1) is 0 Å². The summed E-state index contributed by atoms with van der Waals surface area (Å²) < 4.78 is 11.0. The van der Waals surface area contributed by atoms with Gasteiger partial charge in [0.1, 0.15) is 13.2 Å². The molecule has 4 nitrogen and oxygen atoms in total. The van der Waals surface area contributed by atoms with Crippen LogP contribution in [0.15, 0.2) is 12.1 Å². The lowest BCUT2D eigenvalue weighted by Crippen LogP contribution is -2.19. The molecule has 3 N–H and O–H groups in total. The Balaban J connectivity index is 1.92. The molecule has 1 aromatic rings. The standard InChI is InChI=1S/C12H16N2O2/c1-12(2-3-12)14-9-7-11-10(6-8(9)13)15-4-5-16-11/h6-7,14H,2-5,13H2,1H3. The predicted molar refractivity (Wildman–Crippen MR) is 63.1 cm³/mol. The molecular weight excluding hydrogens is 204 g/mol. The van der Waals surface area contributed by atoms with Crippen LogP contribution in [0.1, 0.15) is 19.8 Å². The molecular formula is C12H16N2O2. The Kier molecular flexibility index (Phi) is 1.93. The molecule has 1 aliphatic heterocycles. The van der Waals surface area contributed by atoms with Gasteiger partial charge in [-0.25, -0.2) is 0 Å². The molecule has 0 amide bonds. The van der Waals surface area contributed by atoms with Crippen molar-refractivity contribution in [1.82, 2.24) is 0 Å². The van der Waals surface area contributed by atoms with Gasteiger partial charge >= 0.3 is 0 Å². The Bertz CT molecular complexity index is 427. The fourth-order valence-electron chi connectivity index (χ4n) is 1.85. The van der Waals surface area contributed by atoms with Gasteiger partial charge in [-0.3, -0.25) is 0 Å². The van der Waals surface area contributed by atoms with E-state index in [4.69, 9.17) is 15.2 Å². The molecule has 86 valence electrons. The largest absolute Gasteiger partial charge is 0.486 e. The second-order valence-corrected chi connectivity index (χ2v) is 4.77.